The monoisotopic (exact) mass is 224 g/mol. The predicted octanol–water partition coefficient (Wildman–Crippen LogP) is 1.27. The number of quaternary nitrogens is 1. The zero-order chi connectivity index (χ0) is 11.9. The molecule has 16 heavy (non-hydrogen) atoms. The van der Waals surface area contributed by atoms with Crippen molar-refractivity contribution in [1.82, 2.24) is 0 Å². The van der Waals surface area contributed by atoms with Crippen molar-refractivity contribution in [3.63, 3.8) is 0 Å². The predicted molar refractivity (Wildman–Crippen MR) is 65.0 cm³/mol. The summed E-state index contributed by atoms with van der Waals surface area (Å²) >= 11 is 0. The van der Waals surface area contributed by atoms with E-state index >= 15 is 0 Å². The van der Waals surface area contributed by atoms with Crippen molar-refractivity contribution < 1.29 is 14.3 Å². The maximum Gasteiger partial charge on any atom is 0.104 e. The number of benzene rings is 1. The summed E-state index contributed by atoms with van der Waals surface area (Å²) in [5.41, 5.74) is 1.34. The molecular formula is C13H22NO2+. The van der Waals surface area contributed by atoms with Gasteiger partial charge in [0, 0.05) is 5.56 Å². The molecule has 0 radical (unpaired) electrons. The molecule has 0 spiro atoms. The van der Waals surface area contributed by atoms with E-state index in [0.717, 1.165) is 17.6 Å². The van der Waals surface area contributed by atoms with E-state index in [-0.39, 0.29) is 6.61 Å². The Kier molecular flexibility index (Phi) is 5.46. The number of rotatable bonds is 7. The Morgan fingerprint density at radius 3 is 2.44 bits per heavy atom. The number of likely N-dealkylation sites (N-methyl/N-ethyl adjacent to an activating group) is 1. The van der Waals surface area contributed by atoms with Crippen LogP contribution in [0.2, 0.25) is 0 Å². The molecule has 0 heterocycles. The van der Waals surface area contributed by atoms with Crippen LogP contribution in [0.4, 0.5) is 0 Å². The third-order valence-electron chi connectivity index (χ3n) is 2.53. The van der Waals surface area contributed by atoms with Crippen LogP contribution in [0.1, 0.15) is 5.56 Å². The van der Waals surface area contributed by atoms with Gasteiger partial charge in [0.1, 0.15) is 13.1 Å². The van der Waals surface area contributed by atoms with Gasteiger partial charge in [0.15, 0.2) is 0 Å². The number of hydrogen-bond donors (Lipinski definition) is 1. The molecule has 0 unspecified atom stereocenters. The van der Waals surface area contributed by atoms with E-state index < -0.39 is 0 Å². The van der Waals surface area contributed by atoms with E-state index in [0.29, 0.717) is 13.2 Å². The highest BCUT2D eigenvalue weighted by Gasteiger charge is 2.15. The van der Waals surface area contributed by atoms with Crippen LogP contribution in [-0.2, 0) is 11.3 Å². The van der Waals surface area contributed by atoms with Crippen molar-refractivity contribution in [3.8, 4) is 0 Å². The largest absolute Gasteiger partial charge is 0.394 e. The molecule has 0 fully saturated rings. The first-order chi connectivity index (χ1) is 7.64. The average Bonchev–Trinajstić information content (AvgIpc) is 2.25. The zero-order valence-electron chi connectivity index (χ0n) is 10.2. The highest BCUT2D eigenvalue weighted by atomic mass is 16.5. The summed E-state index contributed by atoms with van der Waals surface area (Å²) in [4.78, 5) is 0. The van der Waals surface area contributed by atoms with E-state index in [9.17, 15) is 0 Å². The number of hydrogen-bond acceptors (Lipinski definition) is 2. The standard InChI is InChI=1S/C13H22NO2/c1-14(2,8-10-16-11-9-15)12-13-6-4-3-5-7-13/h3-7,15H,8-12H2,1-2H3/q+1. The van der Waals surface area contributed by atoms with Crippen LogP contribution >= 0.6 is 0 Å². The average molecular weight is 224 g/mol. The number of aliphatic hydroxyl groups is 1. The van der Waals surface area contributed by atoms with Crippen molar-refractivity contribution in [3.05, 3.63) is 35.9 Å². The minimum Gasteiger partial charge on any atom is -0.394 e. The lowest BCUT2D eigenvalue weighted by Gasteiger charge is -2.29. The molecule has 0 aliphatic heterocycles. The molecule has 0 aliphatic carbocycles. The third kappa shape index (κ3) is 5.26. The van der Waals surface area contributed by atoms with E-state index in [4.69, 9.17) is 9.84 Å². The molecule has 0 aromatic heterocycles. The first-order valence-electron chi connectivity index (χ1n) is 5.68. The molecule has 0 aliphatic rings. The van der Waals surface area contributed by atoms with E-state index in [1.807, 2.05) is 6.07 Å². The van der Waals surface area contributed by atoms with Crippen LogP contribution < -0.4 is 0 Å². The Bertz CT molecular complexity index is 285. The molecule has 0 atom stereocenters. The van der Waals surface area contributed by atoms with Crippen molar-refractivity contribution >= 4 is 0 Å². The van der Waals surface area contributed by atoms with Gasteiger partial charge in [-0.05, 0) is 0 Å². The van der Waals surface area contributed by atoms with Crippen LogP contribution in [0.3, 0.4) is 0 Å². The molecule has 1 rings (SSSR count). The SMILES string of the molecule is C[N+](C)(CCOCCO)Cc1ccccc1. The smallest absolute Gasteiger partial charge is 0.104 e. The van der Waals surface area contributed by atoms with Crippen LogP contribution in [-0.4, -0.2) is 50.1 Å². The van der Waals surface area contributed by atoms with E-state index in [1.165, 1.54) is 5.56 Å². The zero-order valence-corrected chi connectivity index (χ0v) is 10.2. The molecule has 1 aromatic carbocycles. The van der Waals surface area contributed by atoms with Gasteiger partial charge in [0.25, 0.3) is 0 Å². The lowest BCUT2D eigenvalue weighted by atomic mass is 10.2. The highest BCUT2D eigenvalue weighted by molar-refractivity contribution is 5.13. The normalized spacial score (nSPS) is 11.7. The van der Waals surface area contributed by atoms with Gasteiger partial charge in [-0.1, -0.05) is 30.3 Å². The molecule has 0 saturated heterocycles. The molecule has 90 valence electrons. The van der Waals surface area contributed by atoms with Gasteiger partial charge in [-0.3, -0.25) is 0 Å². The Labute approximate surface area is 97.9 Å². The first-order valence-corrected chi connectivity index (χ1v) is 5.68. The summed E-state index contributed by atoms with van der Waals surface area (Å²) in [7, 11) is 4.38. The van der Waals surface area contributed by atoms with Gasteiger partial charge < -0.3 is 14.3 Å². The van der Waals surface area contributed by atoms with E-state index in [1.54, 1.807) is 0 Å². The van der Waals surface area contributed by atoms with Crippen LogP contribution in [0, 0.1) is 0 Å². The lowest BCUT2D eigenvalue weighted by molar-refractivity contribution is -0.904. The maximum absolute atomic E-state index is 8.60. The molecule has 1 aromatic rings. The Morgan fingerprint density at radius 1 is 1.12 bits per heavy atom. The summed E-state index contributed by atoms with van der Waals surface area (Å²) in [5.74, 6) is 0. The van der Waals surface area contributed by atoms with Gasteiger partial charge in [-0.2, -0.15) is 0 Å². The number of aliphatic hydroxyl groups excluding tert-OH is 1. The second-order valence-corrected chi connectivity index (χ2v) is 4.64. The molecule has 0 saturated carbocycles. The van der Waals surface area contributed by atoms with Gasteiger partial charge in [-0.25, -0.2) is 0 Å². The summed E-state index contributed by atoms with van der Waals surface area (Å²) in [5, 5.41) is 8.60. The fourth-order valence-electron chi connectivity index (χ4n) is 1.64. The van der Waals surface area contributed by atoms with Gasteiger partial charge in [0.05, 0.1) is 33.9 Å². The summed E-state index contributed by atoms with van der Waals surface area (Å²) in [6.07, 6.45) is 0. The molecule has 3 heteroatoms. The van der Waals surface area contributed by atoms with Crippen LogP contribution in [0.25, 0.3) is 0 Å². The number of nitrogens with zero attached hydrogens (tertiary/aromatic N) is 1. The second kappa shape index (κ2) is 6.63. The fourth-order valence-corrected chi connectivity index (χ4v) is 1.64. The highest BCUT2D eigenvalue weighted by Crippen LogP contribution is 2.08. The second-order valence-electron chi connectivity index (χ2n) is 4.64. The summed E-state index contributed by atoms with van der Waals surface area (Å²) < 4.78 is 6.19. The lowest BCUT2D eigenvalue weighted by Crippen LogP contribution is -2.41. The Morgan fingerprint density at radius 2 is 1.81 bits per heavy atom. The minimum absolute atomic E-state index is 0.103. The van der Waals surface area contributed by atoms with Crippen molar-refractivity contribution in [2.45, 2.75) is 6.54 Å². The Hall–Kier alpha value is -0.900. The van der Waals surface area contributed by atoms with Crippen molar-refractivity contribution in [1.29, 1.82) is 0 Å². The van der Waals surface area contributed by atoms with E-state index in [2.05, 4.69) is 38.4 Å². The number of ether oxygens (including phenoxy) is 1. The molecule has 0 bridgehead atoms. The van der Waals surface area contributed by atoms with Gasteiger partial charge in [0.2, 0.25) is 0 Å². The first kappa shape index (κ1) is 13.2. The molecule has 3 nitrogen and oxygen atoms in total. The van der Waals surface area contributed by atoms with Gasteiger partial charge in [-0.15, -0.1) is 0 Å². The quantitative estimate of drug-likeness (QED) is 0.558. The molecule has 0 amide bonds. The Balaban J connectivity index is 2.33. The fraction of sp³-hybridized carbons (Fsp3) is 0.538. The van der Waals surface area contributed by atoms with Gasteiger partial charge >= 0.3 is 0 Å². The van der Waals surface area contributed by atoms with Crippen LogP contribution in [0.5, 0.6) is 0 Å². The summed E-state index contributed by atoms with van der Waals surface area (Å²) in [6, 6.07) is 10.5. The topological polar surface area (TPSA) is 29.5 Å². The van der Waals surface area contributed by atoms with Crippen molar-refractivity contribution in [2.75, 3.05) is 40.5 Å². The van der Waals surface area contributed by atoms with Crippen LogP contribution in [0.15, 0.2) is 30.3 Å². The third-order valence-corrected chi connectivity index (χ3v) is 2.53. The minimum atomic E-state index is 0.103. The van der Waals surface area contributed by atoms with Crippen molar-refractivity contribution in [2.24, 2.45) is 0 Å². The molecule has 1 N–H and O–H groups in total. The maximum atomic E-state index is 8.60. The molecular weight excluding hydrogens is 202 g/mol. The summed E-state index contributed by atoms with van der Waals surface area (Å²) in [6.45, 7) is 3.19.